The number of hydrogen-bond acceptors (Lipinski definition) is 3. The fraction of sp³-hybridized carbons (Fsp3) is 0.333. The third kappa shape index (κ3) is 5.97. The molecule has 1 aliphatic rings. The zero-order valence-electron chi connectivity index (χ0n) is 15.3. The Labute approximate surface area is 177 Å². The van der Waals surface area contributed by atoms with Gasteiger partial charge in [0.05, 0.1) is 10.6 Å². The topological polar surface area (TPSA) is 67.4 Å². The SMILES string of the molecule is O=C(COc1ccc(Br)cc1)Nc1ccc(Cl)c(C(=O)NC2CCCCC2)c1. The molecule has 0 spiro atoms. The molecule has 0 aliphatic heterocycles. The Bertz CT molecular complexity index is 836. The van der Waals surface area contributed by atoms with Crippen LogP contribution in [0.3, 0.4) is 0 Å². The maximum atomic E-state index is 12.6. The van der Waals surface area contributed by atoms with Gasteiger partial charge in [-0.25, -0.2) is 0 Å². The van der Waals surface area contributed by atoms with Gasteiger partial charge in [0.2, 0.25) is 0 Å². The van der Waals surface area contributed by atoms with Crippen molar-refractivity contribution in [1.82, 2.24) is 5.32 Å². The summed E-state index contributed by atoms with van der Waals surface area (Å²) in [7, 11) is 0. The molecule has 3 rings (SSSR count). The third-order valence-corrected chi connectivity index (χ3v) is 5.48. The number of carbonyl (C=O) groups excluding carboxylic acids is 2. The van der Waals surface area contributed by atoms with E-state index in [0.717, 1.165) is 30.2 Å². The monoisotopic (exact) mass is 464 g/mol. The molecule has 0 saturated heterocycles. The molecule has 2 N–H and O–H groups in total. The van der Waals surface area contributed by atoms with E-state index in [0.29, 0.717) is 22.0 Å². The maximum absolute atomic E-state index is 12.6. The van der Waals surface area contributed by atoms with Crippen LogP contribution in [0.1, 0.15) is 42.5 Å². The summed E-state index contributed by atoms with van der Waals surface area (Å²) in [6.07, 6.45) is 5.47. The highest BCUT2D eigenvalue weighted by molar-refractivity contribution is 9.10. The maximum Gasteiger partial charge on any atom is 0.262 e. The second-order valence-electron chi connectivity index (χ2n) is 6.79. The van der Waals surface area contributed by atoms with Gasteiger partial charge in [0.1, 0.15) is 5.75 Å². The minimum Gasteiger partial charge on any atom is -0.484 e. The molecule has 0 bridgehead atoms. The van der Waals surface area contributed by atoms with Crippen LogP contribution in [0, 0.1) is 0 Å². The molecule has 2 aromatic rings. The Morgan fingerprint density at radius 2 is 1.79 bits per heavy atom. The van der Waals surface area contributed by atoms with Crippen molar-refractivity contribution in [3.05, 3.63) is 57.5 Å². The lowest BCUT2D eigenvalue weighted by atomic mass is 9.95. The van der Waals surface area contributed by atoms with Gasteiger partial charge in [-0.15, -0.1) is 0 Å². The molecule has 0 heterocycles. The average Bonchev–Trinajstić information content (AvgIpc) is 2.70. The molecule has 0 unspecified atom stereocenters. The molecule has 1 fully saturated rings. The Hall–Kier alpha value is -2.05. The van der Waals surface area contributed by atoms with E-state index in [2.05, 4.69) is 26.6 Å². The summed E-state index contributed by atoms with van der Waals surface area (Å²) < 4.78 is 6.39. The Morgan fingerprint density at radius 1 is 1.07 bits per heavy atom. The first-order valence-corrected chi connectivity index (χ1v) is 10.5. The smallest absolute Gasteiger partial charge is 0.262 e. The lowest BCUT2D eigenvalue weighted by molar-refractivity contribution is -0.118. The number of nitrogens with one attached hydrogen (secondary N) is 2. The first kappa shape index (κ1) is 20.7. The molecule has 1 saturated carbocycles. The lowest BCUT2D eigenvalue weighted by Crippen LogP contribution is -2.36. The van der Waals surface area contributed by atoms with Crippen LogP contribution in [0.25, 0.3) is 0 Å². The second kappa shape index (κ2) is 9.94. The highest BCUT2D eigenvalue weighted by atomic mass is 79.9. The number of halogens is 2. The molecule has 148 valence electrons. The molecular weight excluding hydrogens is 444 g/mol. The van der Waals surface area contributed by atoms with E-state index in [1.807, 2.05) is 12.1 Å². The Kier molecular flexibility index (Phi) is 7.34. The van der Waals surface area contributed by atoms with Crippen molar-refractivity contribution in [3.8, 4) is 5.75 Å². The normalized spacial score (nSPS) is 14.4. The number of hydrogen-bond donors (Lipinski definition) is 2. The van der Waals surface area contributed by atoms with Gasteiger partial charge >= 0.3 is 0 Å². The van der Waals surface area contributed by atoms with E-state index < -0.39 is 0 Å². The highest BCUT2D eigenvalue weighted by Crippen LogP contribution is 2.23. The van der Waals surface area contributed by atoms with Gasteiger partial charge in [-0.2, -0.15) is 0 Å². The fourth-order valence-electron chi connectivity index (χ4n) is 3.16. The zero-order valence-corrected chi connectivity index (χ0v) is 17.7. The van der Waals surface area contributed by atoms with Crippen molar-refractivity contribution in [2.24, 2.45) is 0 Å². The minimum atomic E-state index is -0.316. The number of ether oxygens (including phenoxy) is 1. The predicted molar refractivity (Wildman–Crippen MR) is 114 cm³/mol. The van der Waals surface area contributed by atoms with E-state index in [-0.39, 0.29) is 24.5 Å². The van der Waals surface area contributed by atoms with Crippen LogP contribution < -0.4 is 15.4 Å². The van der Waals surface area contributed by atoms with Crippen molar-refractivity contribution < 1.29 is 14.3 Å². The summed E-state index contributed by atoms with van der Waals surface area (Å²) >= 11 is 9.54. The number of carbonyl (C=O) groups is 2. The first-order chi connectivity index (χ1) is 13.5. The standard InChI is InChI=1S/C21H22BrClN2O3/c22-14-6-9-17(10-7-14)28-13-20(26)24-16-8-11-19(23)18(12-16)21(27)25-15-4-2-1-3-5-15/h6-12,15H,1-5,13H2,(H,24,26)(H,25,27). The first-order valence-electron chi connectivity index (χ1n) is 9.30. The Morgan fingerprint density at radius 3 is 2.50 bits per heavy atom. The number of amides is 2. The van der Waals surface area contributed by atoms with Gasteiger partial charge in [-0.05, 0) is 55.3 Å². The molecule has 0 radical (unpaired) electrons. The summed E-state index contributed by atoms with van der Waals surface area (Å²) in [6, 6.07) is 12.3. The van der Waals surface area contributed by atoms with Crippen LogP contribution in [-0.2, 0) is 4.79 Å². The number of benzene rings is 2. The summed E-state index contributed by atoms with van der Waals surface area (Å²) in [5.41, 5.74) is 0.862. The van der Waals surface area contributed by atoms with Gasteiger partial charge in [0.25, 0.3) is 11.8 Å². The molecule has 0 atom stereocenters. The van der Waals surface area contributed by atoms with Crippen LogP contribution in [0.4, 0.5) is 5.69 Å². The Balaban J connectivity index is 1.57. The average molecular weight is 466 g/mol. The largest absolute Gasteiger partial charge is 0.484 e. The molecule has 0 aromatic heterocycles. The molecule has 28 heavy (non-hydrogen) atoms. The summed E-state index contributed by atoms with van der Waals surface area (Å²) in [4.78, 5) is 24.7. The molecule has 5 nitrogen and oxygen atoms in total. The molecular formula is C21H22BrClN2O3. The van der Waals surface area contributed by atoms with Gasteiger partial charge < -0.3 is 15.4 Å². The lowest BCUT2D eigenvalue weighted by Gasteiger charge is -2.23. The van der Waals surface area contributed by atoms with Crippen molar-refractivity contribution in [2.45, 2.75) is 38.1 Å². The van der Waals surface area contributed by atoms with E-state index >= 15 is 0 Å². The third-order valence-electron chi connectivity index (χ3n) is 4.62. The number of anilines is 1. The van der Waals surface area contributed by atoms with Crippen molar-refractivity contribution >= 4 is 45.0 Å². The highest BCUT2D eigenvalue weighted by Gasteiger charge is 2.19. The van der Waals surface area contributed by atoms with Gasteiger partial charge in [0, 0.05) is 16.2 Å². The van der Waals surface area contributed by atoms with E-state index in [1.165, 1.54) is 6.42 Å². The summed E-state index contributed by atoms with van der Waals surface area (Å²) in [5, 5.41) is 6.14. The van der Waals surface area contributed by atoms with Crippen LogP contribution >= 0.6 is 27.5 Å². The van der Waals surface area contributed by atoms with Crippen molar-refractivity contribution in [1.29, 1.82) is 0 Å². The van der Waals surface area contributed by atoms with E-state index in [1.54, 1.807) is 30.3 Å². The molecule has 2 amide bonds. The fourth-order valence-corrected chi connectivity index (χ4v) is 3.63. The minimum absolute atomic E-state index is 0.131. The predicted octanol–water partition coefficient (Wildman–Crippen LogP) is 5.18. The second-order valence-corrected chi connectivity index (χ2v) is 8.12. The van der Waals surface area contributed by atoms with Crippen molar-refractivity contribution in [3.63, 3.8) is 0 Å². The summed E-state index contributed by atoms with van der Waals surface area (Å²) in [5.74, 6) is 0.0741. The van der Waals surface area contributed by atoms with Crippen LogP contribution in [0.2, 0.25) is 5.02 Å². The molecule has 2 aromatic carbocycles. The van der Waals surface area contributed by atoms with Crippen LogP contribution in [0.15, 0.2) is 46.9 Å². The van der Waals surface area contributed by atoms with Gasteiger partial charge in [-0.1, -0.05) is 46.8 Å². The van der Waals surface area contributed by atoms with E-state index in [9.17, 15) is 9.59 Å². The van der Waals surface area contributed by atoms with Crippen molar-refractivity contribution in [2.75, 3.05) is 11.9 Å². The number of rotatable bonds is 6. The van der Waals surface area contributed by atoms with E-state index in [4.69, 9.17) is 16.3 Å². The van der Waals surface area contributed by atoms with Crippen LogP contribution in [0.5, 0.6) is 5.75 Å². The summed E-state index contributed by atoms with van der Waals surface area (Å²) in [6.45, 7) is -0.131. The quantitative estimate of drug-likeness (QED) is 0.617. The molecule has 1 aliphatic carbocycles. The molecule has 7 heteroatoms. The zero-order chi connectivity index (χ0) is 19.9. The van der Waals surface area contributed by atoms with Gasteiger partial charge in [0.15, 0.2) is 6.61 Å². The van der Waals surface area contributed by atoms with Gasteiger partial charge in [-0.3, -0.25) is 9.59 Å². The van der Waals surface area contributed by atoms with Crippen LogP contribution in [-0.4, -0.2) is 24.5 Å².